The van der Waals surface area contributed by atoms with Crippen LogP contribution in [0.15, 0.2) is 17.5 Å². The molecule has 0 aliphatic carbocycles. The minimum atomic E-state index is -4.58. The number of rotatable bonds is 1. The van der Waals surface area contributed by atoms with Gasteiger partial charge in [-0.15, -0.1) is 11.3 Å². The Labute approximate surface area is 83.2 Å². The van der Waals surface area contributed by atoms with Gasteiger partial charge in [0.2, 0.25) is 0 Å². The van der Waals surface area contributed by atoms with Gasteiger partial charge < -0.3 is 5.11 Å². The molecule has 0 saturated carbocycles. The molecule has 1 N–H and O–H groups in total. The number of halogens is 3. The van der Waals surface area contributed by atoms with Gasteiger partial charge in [0, 0.05) is 6.42 Å². The van der Waals surface area contributed by atoms with Gasteiger partial charge in [0.25, 0.3) is 0 Å². The molecule has 0 bridgehead atoms. The van der Waals surface area contributed by atoms with Gasteiger partial charge in [-0.25, -0.2) is 0 Å². The van der Waals surface area contributed by atoms with Crippen LogP contribution < -0.4 is 0 Å². The maximum atomic E-state index is 11.8. The van der Waals surface area contributed by atoms with Crippen LogP contribution in [0.3, 0.4) is 0 Å². The summed E-state index contributed by atoms with van der Waals surface area (Å²) in [5.74, 6) is 4.82. The highest BCUT2D eigenvalue weighted by Gasteiger charge is 2.37. The lowest BCUT2D eigenvalue weighted by atomic mass is 10.2. The van der Waals surface area contributed by atoms with Crippen LogP contribution in [0.4, 0.5) is 13.2 Å². The van der Waals surface area contributed by atoms with E-state index in [1.54, 1.807) is 17.5 Å². The average molecular weight is 220 g/mol. The molecule has 0 amide bonds. The Balaban J connectivity index is 2.48. The van der Waals surface area contributed by atoms with E-state index < -0.39 is 18.7 Å². The van der Waals surface area contributed by atoms with Gasteiger partial charge >= 0.3 is 6.18 Å². The second-order valence-electron chi connectivity index (χ2n) is 2.54. The highest BCUT2D eigenvalue weighted by Crippen LogP contribution is 2.21. The second kappa shape index (κ2) is 4.49. The summed E-state index contributed by atoms with van der Waals surface area (Å²) in [6, 6.07) is 3.46. The normalized spacial score (nSPS) is 13.1. The van der Waals surface area contributed by atoms with E-state index in [0.29, 0.717) is 4.88 Å². The zero-order chi connectivity index (χ0) is 10.6. The van der Waals surface area contributed by atoms with Crippen molar-refractivity contribution in [3.05, 3.63) is 22.4 Å². The van der Waals surface area contributed by atoms with E-state index in [2.05, 4.69) is 11.8 Å². The number of aliphatic hydroxyl groups is 1. The van der Waals surface area contributed by atoms with Crippen molar-refractivity contribution in [1.29, 1.82) is 0 Å². The van der Waals surface area contributed by atoms with Crippen molar-refractivity contribution < 1.29 is 18.3 Å². The number of alkyl halides is 3. The molecule has 0 aliphatic rings. The van der Waals surface area contributed by atoms with Crippen LogP contribution in [-0.4, -0.2) is 17.4 Å². The van der Waals surface area contributed by atoms with E-state index in [9.17, 15) is 13.2 Å². The third-order valence-electron chi connectivity index (χ3n) is 1.41. The van der Waals surface area contributed by atoms with Gasteiger partial charge in [0.1, 0.15) is 0 Å². The van der Waals surface area contributed by atoms with Gasteiger partial charge in [0.15, 0.2) is 6.10 Å². The SMILES string of the molecule is OC(CC#Cc1cccs1)C(F)(F)F. The minimum absolute atomic E-state index is 0.582. The van der Waals surface area contributed by atoms with Crippen molar-refractivity contribution in [2.75, 3.05) is 0 Å². The summed E-state index contributed by atoms with van der Waals surface area (Å²) in [6.45, 7) is 0. The molecule has 0 radical (unpaired) electrons. The smallest absolute Gasteiger partial charge is 0.383 e. The standard InChI is InChI=1S/C9H7F3OS/c10-9(11,12)8(13)5-1-3-7-4-2-6-14-7/h2,4,6,8,13H,5H2. The molecule has 0 spiro atoms. The van der Waals surface area contributed by atoms with Crippen molar-refractivity contribution in [3.63, 3.8) is 0 Å². The number of hydrogen-bond donors (Lipinski definition) is 1. The monoisotopic (exact) mass is 220 g/mol. The van der Waals surface area contributed by atoms with Crippen LogP contribution in [0.5, 0.6) is 0 Å². The van der Waals surface area contributed by atoms with Crippen LogP contribution >= 0.6 is 11.3 Å². The molecule has 0 aliphatic heterocycles. The quantitative estimate of drug-likeness (QED) is 0.720. The molecule has 1 nitrogen and oxygen atoms in total. The Kier molecular flexibility index (Phi) is 3.55. The van der Waals surface area contributed by atoms with Gasteiger partial charge in [-0.1, -0.05) is 17.9 Å². The van der Waals surface area contributed by atoms with Crippen LogP contribution in [0.2, 0.25) is 0 Å². The van der Waals surface area contributed by atoms with Crippen molar-refractivity contribution in [2.45, 2.75) is 18.7 Å². The lowest BCUT2D eigenvalue weighted by Crippen LogP contribution is -2.27. The summed E-state index contributed by atoms with van der Waals surface area (Å²) in [6.07, 6.45) is -7.51. The fraction of sp³-hybridized carbons (Fsp3) is 0.333. The maximum Gasteiger partial charge on any atom is 0.415 e. The van der Waals surface area contributed by atoms with Gasteiger partial charge in [-0.05, 0) is 11.4 Å². The maximum absolute atomic E-state index is 11.8. The largest absolute Gasteiger partial charge is 0.415 e. The number of thiophene rings is 1. The fourth-order valence-electron chi connectivity index (χ4n) is 0.700. The predicted octanol–water partition coefficient (Wildman–Crippen LogP) is 2.41. The Morgan fingerprint density at radius 3 is 2.71 bits per heavy atom. The van der Waals surface area contributed by atoms with Crippen LogP contribution in [0, 0.1) is 11.8 Å². The predicted molar refractivity (Wildman–Crippen MR) is 47.9 cm³/mol. The zero-order valence-electron chi connectivity index (χ0n) is 7.01. The van der Waals surface area contributed by atoms with E-state index in [4.69, 9.17) is 5.11 Å². The number of aliphatic hydroxyl groups excluding tert-OH is 1. The molecule has 14 heavy (non-hydrogen) atoms. The van der Waals surface area contributed by atoms with E-state index in [-0.39, 0.29) is 0 Å². The molecule has 1 heterocycles. The zero-order valence-corrected chi connectivity index (χ0v) is 7.82. The van der Waals surface area contributed by atoms with Gasteiger partial charge in [-0.3, -0.25) is 0 Å². The molecule has 0 fully saturated rings. The molecule has 1 aromatic rings. The molecular weight excluding hydrogens is 213 g/mol. The molecule has 0 saturated heterocycles. The summed E-state index contributed by atoms with van der Waals surface area (Å²) >= 11 is 1.35. The van der Waals surface area contributed by atoms with Crippen molar-refractivity contribution >= 4 is 11.3 Å². The third-order valence-corrected chi connectivity index (χ3v) is 2.19. The first kappa shape index (κ1) is 11.1. The first-order chi connectivity index (χ1) is 6.50. The highest BCUT2D eigenvalue weighted by atomic mass is 32.1. The minimum Gasteiger partial charge on any atom is -0.383 e. The van der Waals surface area contributed by atoms with E-state index in [0.717, 1.165) is 0 Å². The lowest BCUT2D eigenvalue weighted by molar-refractivity contribution is -0.201. The lowest BCUT2D eigenvalue weighted by Gasteiger charge is -2.10. The summed E-state index contributed by atoms with van der Waals surface area (Å²) in [7, 11) is 0. The highest BCUT2D eigenvalue weighted by molar-refractivity contribution is 7.10. The van der Waals surface area contributed by atoms with E-state index in [1.165, 1.54) is 11.3 Å². The van der Waals surface area contributed by atoms with Crippen molar-refractivity contribution in [2.24, 2.45) is 0 Å². The molecular formula is C9H7F3OS. The molecule has 76 valence electrons. The van der Waals surface area contributed by atoms with Gasteiger partial charge in [-0.2, -0.15) is 13.2 Å². The van der Waals surface area contributed by atoms with Crippen LogP contribution in [0.1, 0.15) is 11.3 Å². The first-order valence-corrected chi connectivity index (χ1v) is 4.65. The molecule has 1 unspecified atom stereocenters. The van der Waals surface area contributed by atoms with E-state index >= 15 is 0 Å². The second-order valence-corrected chi connectivity index (χ2v) is 3.49. The summed E-state index contributed by atoms with van der Waals surface area (Å²) in [5.41, 5.74) is 0. The molecule has 0 aromatic carbocycles. The fourth-order valence-corrected chi connectivity index (χ4v) is 1.29. The average Bonchev–Trinajstić information content (AvgIpc) is 2.55. The summed E-state index contributed by atoms with van der Waals surface area (Å²) < 4.78 is 35.4. The van der Waals surface area contributed by atoms with E-state index in [1.807, 2.05) is 0 Å². The first-order valence-electron chi connectivity index (χ1n) is 3.77. The van der Waals surface area contributed by atoms with Gasteiger partial charge in [0.05, 0.1) is 4.88 Å². The molecule has 1 rings (SSSR count). The number of hydrogen-bond acceptors (Lipinski definition) is 2. The Morgan fingerprint density at radius 1 is 1.50 bits per heavy atom. The van der Waals surface area contributed by atoms with Crippen molar-refractivity contribution in [1.82, 2.24) is 0 Å². The Bertz CT molecular complexity index is 331. The summed E-state index contributed by atoms with van der Waals surface area (Å²) in [5, 5.41) is 10.4. The molecule has 1 atom stereocenters. The van der Waals surface area contributed by atoms with Crippen LogP contribution in [-0.2, 0) is 0 Å². The molecule has 1 aromatic heterocycles. The van der Waals surface area contributed by atoms with Crippen LogP contribution in [0.25, 0.3) is 0 Å². The molecule has 5 heteroatoms. The Morgan fingerprint density at radius 2 is 2.21 bits per heavy atom. The summed E-state index contributed by atoms with van der Waals surface area (Å²) in [4.78, 5) is 0.694. The topological polar surface area (TPSA) is 20.2 Å². The van der Waals surface area contributed by atoms with Crippen molar-refractivity contribution in [3.8, 4) is 11.8 Å². The third kappa shape index (κ3) is 3.40. The Hall–Kier alpha value is -0.990.